The molecule has 2 aliphatic rings. The molecule has 2 aliphatic heterocycles. The fourth-order valence-corrected chi connectivity index (χ4v) is 3.16. The molecule has 0 saturated carbocycles. The van der Waals surface area contributed by atoms with Gasteiger partial charge in [0, 0.05) is 38.8 Å². The van der Waals surface area contributed by atoms with Crippen molar-refractivity contribution in [2.75, 3.05) is 46.4 Å². The van der Waals surface area contributed by atoms with E-state index < -0.39 is 5.60 Å². The highest BCUT2D eigenvalue weighted by atomic mass is 16.6. The summed E-state index contributed by atoms with van der Waals surface area (Å²) in [6.07, 6.45) is 0.617. The number of nitrogens with zero attached hydrogens (tertiary/aromatic N) is 3. The van der Waals surface area contributed by atoms with Gasteiger partial charge in [0.05, 0.1) is 12.6 Å². The van der Waals surface area contributed by atoms with Crippen molar-refractivity contribution in [2.24, 2.45) is 5.90 Å². The quantitative estimate of drug-likeness (QED) is 0.765. The zero-order valence-electron chi connectivity index (χ0n) is 14.2. The van der Waals surface area contributed by atoms with Gasteiger partial charge in [-0.15, -0.1) is 0 Å². The predicted molar refractivity (Wildman–Crippen MR) is 84.3 cm³/mol. The molecule has 1 unspecified atom stereocenters. The highest BCUT2D eigenvalue weighted by Crippen LogP contribution is 2.25. The Bertz CT molecular complexity index is 377. The zero-order valence-corrected chi connectivity index (χ0v) is 14.2. The maximum Gasteiger partial charge on any atom is 0.410 e. The SMILES string of the molecule is CN1CCN([C@@H]2CC(CON)N(C(=O)OC(C)(C)C)C2)CC1. The molecule has 0 aliphatic carbocycles. The normalized spacial score (nSPS) is 28.1. The van der Waals surface area contributed by atoms with E-state index in [0.29, 0.717) is 19.2 Å². The maximum atomic E-state index is 12.4. The summed E-state index contributed by atoms with van der Waals surface area (Å²) in [6, 6.07) is 0.353. The van der Waals surface area contributed by atoms with Crippen molar-refractivity contribution >= 4 is 6.09 Å². The summed E-state index contributed by atoms with van der Waals surface area (Å²) >= 11 is 0. The van der Waals surface area contributed by atoms with Crippen LogP contribution in [-0.4, -0.2) is 84.9 Å². The first-order valence-corrected chi connectivity index (χ1v) is 8.04. The second kappa shape index (κ2) is 7.12. The van der Waals surface area contributed by atoms with Gasteiger partial charge in [-0.05, 0) is 34.2 Å². The smallest absolute Gasteiger partial charge is 0.410 e. The van der Waals surface area contributed by atoms with E-state index >= 15 is 0 Å². The molecule has 0 bridgehead atoms. The van der Waals surface area contributed by atoms with Crippen LogP contribution < -0.4 is 5.90 Å². The van der Waals surface area contributed by atoms with Gasteiger partial charge in [0.1, 0.15) is 5.60 Å². The van der Waals surface area contributed by atoms with Crippen LogP contribution >= 0.6 is 0 Å². The van der Waals surface area contributed by atoms with Gasteiger partial charge in [-0.1, -0.05) is 0 Å². The van der Waals surface area contributed by atoms with Gasteiger partial charge in [-0.3, -0.25) is 4.90 Å². The van der Waals surface area contributed by atoms with Crippen molar-refractivity contribution in [1.82, 2.24) is 14.7 Å². The van der Waals surface area contributed by atoms with Gasteiger partial charge in [-0.25, -0.2) is 10.7 Å². The Kier molecular flexibility index (Phi) is 5.65. The summed E-state index contributed by atoms with van der Waals surface area (Å²) in [7, 11) is 2.14. The number of ether oxygens (including phenoxy) is 1. The lowest BCUT2D eigenvalue weighted by Crippen LogP contribution is -2.50. The largest absolute Gasteiger partial charge is 0.444 e. The summed E-state index contributed by atoms with van der Waals surface area (Å²) in [6.45, 7) is 10.9. The second-order valence-corrected chi connectivity index (χ2v) is 7.35. The van der Waals surface area contributed by atoms with Gasteiger partial charge in [0.2, 0.25) is 0 Å². The van der Waals surface area contributed by atoms with Crippen molar-refractivity contribution in [2.45, 2.75) is 44.9 Å². The molecule has 0 aromatic carbocycles. The van der Waals surface area contributed by atoms with Crippen LogP contribution in [0.2, 0.25) is 0 Å². The van der Waals surface area contributed by atoms with Gasteiger partial charge in [0.15, 0.2) is 0 Å². The minimum atomic E-state index is -0.489. The molecular weight excluding hydrogens is 284 g/mol. The lowest BCUT2D eigenvalue weighted by Gasteiger charge is -2.36. The molecule has 7 heteroatoms. The van der Waals surface area contributed by atoms with E-state index in [9.17, 15) is 4.79 Å². The molecule has 2 N–H and O–H groups in total. The molecule has 2 heterocycles. The van der Waals surface area contributed by atoms with Crippen LogP contribution in [0.15, 0.2) is 0 Å². The molecule has 2 saturated heterocycles. The number of rotatable bonds is 3. The second-order valence-electron chi connectivity index (χ2n) is 7.35. The van der Waals surface area contributed by atoms with Crippen LogP contribution in [0.25, 0.3) is 0 Å². The zero-order chi connectivity index (χ0) is 16.3. The van der Waals surface area contributed by atoms with Gasteiger partial charge < -0.3 is 19.4 Å². The molecule has 2 fully saturated rings. The average molecular weight is 314 g/mol. The first-order chi connectivity index (χ1) is 10.3. The van der Waals surface area contributed by atoms with E-state index in [1.807, 2.05) is 20.8 Å². The Morgan fingerprint density at radius 2 is 1.86 bits per heavy atom. The number of hydrogen-bond donors (Lipinski definition) is 1. The summed E-state index contributed by atoms with van der Waals surface area (Å²) in [4.78, 5) is 23.8. The Morgan fingerprint density at radius 3 is 2.41 bits per heavy atom. The number of amides is 1. The number of likely N-dealkylation sites (N-methyl/N-ethyl adjacent to an activating group) is 1. The van der Waals surface area contributed by atoms with Crippen molar-refractivity contribution in [3.8, 4) is 0 Å². The summed E-state index contributed by atoms with van der Waals surface area (Å²) in [5.74, 6) is 5.24. The third-order valence-electron chi connectivity index (χ3n) is 4.36. The van der Waals surface area contributed by atoms with E-state index in [-0.39, 0.29) is 12.1 Å². The molecule has 0 aromatic rings. The van der Waals surface area contributed by atoms with Crippen LogP contribution in [-0.2, 0) is 9.57 Å². The first-order valence-electron chi connectivity index (χ1n) is 8.04. The molecule has 128 valence electrons. The molecule has 0 aromatic heterocycles. The molecular formula is C15H30N4O3. The van der Waals surface area contributed by atoms with E-state index in [1.165, 1.54) is 0 Å². The van der Waals surface area contributed by atoms with E-state index in [4.69, 9.17) is 15.5 Å². The van der Waals surface area contributed by atoms with Gasteiger partial charge in [-0.2, -0.15) is 0 Å². The monoisotopic (exact) mass is 314 g/mol. The summed E-state index contributed by atoms with van der Waals surface area (Å²) < 4.78 is 5.51. The highest BCUT2D eigenvalue weighted by molar-refractivity contribution is 5.69. The Morgan fingerprint density at radius 1 is 1.23 bits per heavy atom. The number of carbonyl (C=O) groups excluding carboxylic acids is 1. The standard InChI is InChI=1S/C15H30N4O3/c1-15(2,3)22-14(20)19-10-12(9-13(19)11-21-16)18-7-5-17(4)6-8-18/h12-13H,5-11,16H2,1-4H3/t12-,13?/m1/s1. The van der Waals surface area contributed by atoms with Crippen LogP contribution in [0.3, 0.4) is 0 Å². The van der Waals surface area contributed by atoms with E-state index in [2.05, 4.69) is 16.8 Å². The molecule has 0 spiro atoms. The fourth-order valence-electron chi connectivity index (χ4n) is 3.16. The van der Waals surface area contributed by atoms with Crippen LogP contribution in [0.4, 0.5) is 4.79 Å². The number of nitrogens with two attached hydrogens (primary N) is 1. The average Bonchev–Trinajstić information content (AvgIpc) is 2.82. The number of piperazine rings is 1. The predicted octanol–water partition coefficient (Wildman–Crippen LogP) is 0.502. The van der Waals surface area contributed by atoms with Gasteiger partial charge >= 0.3 is 6.09 Å². The number of likely N-dealkylation sites (tertiary alicyclic amines) is 1. The molecule has 1 amide bonds. The minimum Gasteiger partial charge on any atom is -0.444 e. The highest BCUT2D eigenvalue weighted by Gasteiger charge is 2.40. The van der Waals surface area contributed by atoms with Crippen molar-refractivity contribution < 1.29 is 14.4 Å². The Hall–Kier alpha value is -0.890. The van der Waals surface area contributed by atoms with Crippen molar-refractivity contribution in [1.29, 1.82) is 0 Å². The van der Waals surface area contributed by atoms with Crippen molar-refractivity contribution in [3.63, 3.8) is 0 Å². The van der Waals surface area contributed by atoms with E-state index in [0.717, 1.165) is 32.6 Å². The van der Waals surface area contributed by atoms with Gasteiger partial charge in [0.25, 0.3) is 0 Å². The van der Waals surface area contributed by atoms with Crippen molar-refractivity contribution in [3.05, 3.63) is 0 Å². The third-order valence-corrected chi connectivity index (χ3v) is 4.36. The number of hydrogen-bond acceptors (Lipinski definition) is 6. The summed E-state index contributed by atoms with van der Waals surface area (Å²) in [5, 5.41) is 0. The molecule has 7 nitrogen and oxygen atoms in total. The Labute approximate surface area is 133 Å². The third kappa shape index (κ3) is 4.55. The summed E-state index contributed by atoms with van der Waals surface area (Å²) in [5.41, 5.74) is -0.489. The molecule has 0 radical (unpaired) electrons. The van der Waals surface area contributed by atoms with Crippen LogP contribution in [0, 0.1) is 0 Å². The topological polar surface area (TPSA) is 71.3 Å². The molecule has 2 atom stereocenters. The Balaban J connectivity index is 1.98. The lowest BCUT2D eigenvalue weighted by atomic mass is 10.1. The molecule has 22 heavy (non-hydrogen) atoms. The number of carbonyl (C=O) groups is 1. The van der Waals surface area contributed by atoms with Crippen LogP contribution in [0.5, 0.6) is 0 Å². The minimum absolute atomic E-state index is 0.00972. The van der Waals surface area contributed by atoms with E-state index in [1.54, 1.807) is 4.90 Å². The van der Waals surface area contributed by atoms with Crippen LogP contribution in [0.1, 0.15) is 27.2 Å². The first kappa shape index (κ1) is 17.5. The molecule has 2 rings (SSSR count). The maximum absolute atomic E-state index is 12.4. The fraction of sp³-hybridized carbons (Fsp3) is 0.933. The lowest BCUT2D eigenvalue weighted by molar-refractivity contribution is 0.00988.